The van der Waals surface area contributed by atoms with Crippen molar-refractivity contribution in [1.82, 2.24) is 4.90 Å². The Morgan fingerprint density at radius 3 is 2.65 bits per heavy atom. The van der Waals surface area contributed by atoms with E-state index in [0.29, 0.717) is 13.2 Å². The predicted molar refractivity (Wildman–Crippen MR) is 86.5 cm³/mol. The van der Waals surface area contributed by atoms with E-state index in [2.05, 4.69) is 0 Å². The molecule has 1 aliphatic heterocycles. The van der Waals surface area contributed by atoms with Crippen LogP contribution < -0.4 is 5.73 Å². The zero-order chi connectivity index (χ0) is 16.4. The van der Waals surface area contributed by atoms with Crippen LogP contribution in [0.2, 0.25) is 0 Å². The molecule has 5 heteroatoms. The van der Waals surface area contributed by atoms with Crippen LogP contribution in [0.5, 0.6) is 0 Å². The van der Waals surface area contributed by atoms with Gasteiger partial charge in [0.25, 0.3) is 0 Å². The molecule has 1 aromatic carbocycles. The molecule has 1 amide bonds. The fourth-order valence-electron chi connectivity index (χ4n) is 3.64. The van der Waals surface area contributed by atoms with E-state index >= 15 is 0 Å². The van der Waals surface area contributed by atoms with Crippen LogP contribution in [0.15, 0.2) is 24.3 Å². The molecule has 2 N–H and O–H groups in total. The van der Waals surface area contributed by atoms with Crippen LogP contribution in [0.4, 0.5) is 4.39 Å². The number of likely N-dealkylation sites (tertiary alicyclic amines) is 1. The number of rotatable bonds is 5. The van der Waals surface area contributed by atoms with E-state index in [9.17, 15) is 9.18 Å². The molecule has 0 unspecified atom stereocenters. The molecule has 1 aromatic rings. The van der Waals surface area contributed by atoms with Gasteiger partial charge < -0.3 is 15.4 Å². The van der Waals surface area contributed by atoms with Gasteiger partial charge in [0.2, 0.25) is 5.91 Å². The molecule has 1 saturated carbocycles. The molecule has 2 atom stereocenters. The van der Waals surface area contributed by atoms with E-state index in [4.69, 9.17) is 10.5 Å². The van der Waals surface area contributed by atoms with Crippen LogP contribution in [0.25, 0.3) is 0 Å². The van der Waals surface area contributed by atoms with E-state index in [1.165, 1.54) is 12.1 Å². The molecule has 2 fully saturated rings. The number of carbonyl (C=O) groups excluding carboxylic acids is 1. The van der Waals surface area contributed by atoms with E-state index in [0.717, 1.165) is 37.8 Å². The quantitative estimate of drug-likeness (QED) is 0.905. The summed E-state index contributed by atoms with van der Waals surface area (Å²) in [6, 6.07) is 6.46. The lowest BCUT2D eigenvalue weighted by Crippen LogP contribution is -2.51. The largest absolute Gasteiger partial charge is 0.385 e. The smallest absolute Gasteiger partial charge is 0.228 e. The third-order valence-corrected chi connectivity index (χ3v) is 5.34. The van der Waals surface area contributed by atoms with Crippen molar-refractivity contribution in [2.75, 3.05) is 26.8 Å². The van der Waals surface area contributed by atoms with E-state index in [1.54, 1.807) is 19.2 Å². The molecule has 0 bridgehead atoms. The van der Waals surface area contributed by atoms with Crippen LogP contribution in [0.1, 0.15) is 37.2 Å². The summed E-state index contributed by atoms with van der Waals surface area (Å²) >= 11 is 0. The van der Waals surface area contributed by atoms with Crippen LogP contribution in [-0.4, -0.2) is 43.7 Å². The average Bonchev–Trinajstić information content (AvgIpc) is 3.34. The van der Waals surface area contributed by atoms with Gasteiger partial charge in [0, 0.05) is 38.8 Å². The van der Waals surface area contributed by atoms with Gasteiger partial charge in [0.1, 0.15) is 5.82 Å². The van der Waals surface area contributed by atoms with Crippen LogP contribution in [-0.2, 0) is 9.53 Å². The summed E-state index contributed by atoms with van der Waals surface area (Å²) in [6.45, 7) is 1.93. The third kappa shape index (κ3) is 3.40. The van der Waals surface area contributed by atoms with Crippen molar-refractivity contribution in [3.8, 4) is 0 Å². The van der Waals surface area contributed by atoms with Crippen molar-refractivity contribution in [3.05, 3.63) is 35.6 Å². The zero-order valence-electron chi connectivity index (χ0n) is 13.6. The fraction of sp³-hybridized carbons (Fsp3) is 0.611. The number of hydrogen-bond donors (Lipinski definition) is 1. The highest BCUT2D eigenvalue weighted by molar-refractivity contribution is 5.85. The number of piperidine rings is 1. The lowest BCUT2D eigenvalue weighted by molar-refractivity contribution is -0.139. The number of nitrogens with zero attached hydrogens (tertiary/aromatic N) is 1. The molecule has 1 heterocycles. The summed E-state index contributed by atoms with van der Waals surface area (Å²) in [5, 5.41) is 0. The van der Waals surface area contributed by atoms with Crippen molar-refractivity contribution in [1.29, 1.82) is 0 Å². The Bertz CT molecular complexity index is 557. The first-order valence-corrected chi connectivity index (χ1v) is 8.35. The highest BCUT2D eigenvalue weighted by Crippen LogP contribution is 2.50. The van der Waals surface area contributed by atoms with E-state index in [1.807, 2.05) is 4.90 Å². The van der Waals surface area contributed by atoms with Gasteiger partial charge in [-0.15, -0.1) is 0 Å². The van der Waals surface area contributed by atoms with Crippen molar-refractivity contribution in [3.63, 3.8) is 0 Å². The molecule has 1 aliphatic carbocycles. The summed E-state index contributed by atoms with van der Waals surface area (Å²) in [5.41, 5.74) is 7.19. The Morgan fingerprint density at radius 2 is 2.09 bits per heavy atom. The van der Waals surface area contributed by atoms with Gasteiger partial charge in [-0.05, 0) is 43.4 Å². The molecular formula is C18H25FN2O2. The molecule has 0 radical (unpaired) electrons. The van der Waals surface area contributed by atoms with E-state index in [-0.39, 0.29) is 29.1 Å². The standard InChI is InChI=1S/C18H25FN2O2/c1-23-11-9-18(7-8-18)17(22)21-10-6-15(16(20)12-21)13-2-4-14(19)5-3-13/h2-5,15-16H,6-12,20H2,1H3/t15-,16+/m0/s1. The SMILES string of the molecule is COCCC1(C(=O)N2CC[C@@H](c3ccc(F)cc3)[C@H](N)C2)CC1. The van der Waals surface area contributed by atoms with E-state index < -0.39 is 0 Å². The van der Waals surface area contributed by atoms with Gasteiger partial charge in [-0.1, -0.05) is 12.1 Å². The van der Waals surface area contributed by atoms with Gasteiger partial charge in [-0.3, -0.25) is 4.79 Å². The minimum atomic E-state index is -0.233. The Balaban J connectivity index is 1.62. The molecule has 2 aliphatic rings. The first kappa shape index (κ1) is 16.4. The van der Waals surface area contributed by atoms with Crippen molar-refractivity contribution in [2.24, 2.45) is 11.1 Å². The van der Waals surface area contributed by atoms with Crippen LogP contribution >= 0.6 is 0 Å². The maximum absolute atomic E-state index is 13.1. The van der Waals surface area contributed by atoms with Gasteiger partial charge >= 0.3 is 0 Å². The summed E-state index contributed by atoms with van der Waals surface area (Å²) in [7, 11) is 1.67. The molecule has 0 spiro atoms. The zero-order valence-corrected chi connectivity index (χ0v) is 13.6. The minimum Gasteiger partial charge on any atom is -0.385 e. The first-order chi connectivity index (χ1) is 11.1. The van der Waals surface area contributed by atoms with Gasteiger partial charge in [0.15, 0.2) is 0 Å². The number of methoxy groups -OCH3 is 1. The Labute approximate surface area is 136 Å². The van der Waals surface area contributed by atoms with Gasteiger partial charge in [0.05, 0.1) is 5.41 Å². The fourth-order valence-corrected chi connectivity index (χ4v) is 3.64. The van der Waals surface area contributed by atoms with Crippen molar-refractivity contribution in [2.45, 2.75) is 37.6 Å². The third-order valence-electron chi connectivity index (χ3n) is 5.34. The highest BCUT2D eigenvalue weighted by Gasteiger charge is 2.51. The van der Waals surface area contributed by atoms with Gasteiger partial charge in [-0.25, -0.2) is 4.39 Å². The number of hydrogen-bond acceptors (Lipinski definition) is 3. The normalized spacial score (nSPS) is 26.1. The van der Waals surface area contributed by atoms with Crippen LogP contribution in [0, 0.1) is 11.2 Å². The molecular weight excluding hydrogens is 295 g/mol. The highest BCUT2D eigenvalue weighted by atomic mass is 19.1. The van der Waals surface area contributed by atoms with Crippen LogP contribution in [0.3, 0.4) is 0 Å². The number of nitrogens with two attached hydrogens (primary N) is 1. The molecule has 3 rings (SSSR count). The molecule has 23 heavy (non-hydrogen) atoms. The monoisotopic (exact) mass is 320 g/mol. The second kappa shape index (κ2) is 6.57. The lowest BCUT2D eigenvalue weighted by atomic mass is 9.85. The maximum Gasteiger partial charge on any atom is 0.228 e. The second-order valence-electron chi connectivity index (χ2n) is 6.88. The Kier molecular flexibility index (Phi) is 4.69. The lowest BCUT2D eigenvalue weighted by Gasteiger charge is -2.38. The molecule has 4 nitrogen and oxygen atoms in total. The average molecular weight is 320 g/mol. The summed E-state index contributed by atoms with van der Waals surface area (Å²) < 4.78 is 18.2. The number of amides is 1. The maximum atomic E-state index is 13.1. The molecule has 126 valence electrons. The van der Waals surface area contributed by atoms with Gasteiger partial charge in [-0.2, -0.15) is 0 Å². The molecule has 1 saturated heterocycles. The predicted octanol–water partition coefficient (Wildman–Crippen LogP) is 2.29. The second-order valence-corrected chi connectivity index (χ2v) is 6.88. The Morgan fingerprint density at radius 1 is 1.39 bits per heavy atom. The number of ether oxygens (including phenoxy) is 1. The number of carbonyl (C=O) groups is 1. The summed E-state index contributed by atoms with van der Waals surface area (Å²) in [6.07, 6.45) is 3.55. The minimum absolute atomic E-state index is 0.101. The number of benzene rings is 1. The van der Waals surface area contributed by atoms with Crippen molar-refractivity contribution >= 4 is 5.91 Å². The molecule has 0 aromatic heterocycles. The first-order valence-electron chi connectivity index (χ1n) is 8.35. The summed E-state index contributed by atoms with van der Waals surface area (Å²) in [5.74, 6) is 0.195. The number of halogens is 1. The van der Waals surface area contributed by atoms with Crippen molar-refractivity contribution < 1.29 is 13.9 Å². The Hall–Kier alpha value is -1.46. The topological polar surface area (TPSA) is 55.6 Å². The summed E-state index contributed by atoms with van der Waals surface area (Å²) in [4.78, 5) is 14.7.